The summed E-state index contributed by atoms with van der Waals surface area (Å²) in [4.78, 5) is 15.2. The largest absolute Gasteiger partial charge is 0.376 e. The molecule has 0 radical (unpaired) electrons. The molecule has 7 nitrogen and oxygen atoms in total. The number of hydrogen-bond acceptors (Lipinski definition) is 6. The first-order valence-corrected chi connectivity index (χ1v) is 7.63. The molecule has 126 valence electrons. The SMILES string of the molecule is C=CCNc1ccc(-c2nc(-c3cccc(C)c3)no2)cc1[N+](=O)[O-]. The molecular weight excluding hydrogens is 320 g/mol. The Balaban J connectivity index is 1.95. The molecule has 2 aromatic carbocycles. The minimum atomic E-state index is -0.452. The lowest BCUT2D eigenvalue weighted by molar-refractivity contribution is -0.383. The summed E-state index contributed by atoms with van der Waals surface area (Å²) in [6.45, 7) is 5.99. The van der Waals surface area contributed by atoms with E-state index in [4.69, 9.17) is 4.52 Å². The van der Waals surface area contributed by atoms with Gasteiger partial charge in [0.1, 0.15) is 5.69 Å². The zero-order valence-corrected chi connectivity index (χ0v) is 13.6. The highest BCUT2D eigenvalue weighted by Crippen LogP contribution is 2.31. The number of benzene rings is 2. The summed E-state index contributed by atoms with van der Waals surface area (Å²) < 4.78 is 5.28. The molecule has 7 heteroatoms. The monoisotopic (exact) mass is 336 g/mol. The quantitative estimate of drug-likeness (QED) is 0.411. The molecule has 0 saturated carbocycles. The van der Waals surface area contributed by atoms with Crippen LogP contribution in [0.25, 0.3) is 22.8 Å². The summed E-state index contributed by atoms with van der Waals surface area (Å²) in [5.74, 6) is 0.671. The number of hydrogen-bond donors (Lipinski definition) is 1. The molecule has 0 aliphatic heterocycles. The lowest BCUT2D eigenvalue weighted by atomic mass is 10.1. The number of aryl methyl sites for hydroxylation is 1. The number of anilines is 1. The summed E-state index contributed by atoms with van der Waals surface area (Å²) >= 11 is 0. The first kappa shape index (κ1) is 16.4. The van der Waals surface area contributed by atoms with Crippen molar-refractivity contribution in [2.45, 2.75) is 6.92 Å². The molecular formula is C18H16N4O3. The van der Waals surface area contributed by atoms with Gasteiger partial charge in [-0.3, -0.25) is 10.1 Å². The van der Waals surface area contributed by atoms with E-state index >= 15 is 0 Å². The van der Waals surface area contributed by atoms with Gasteiger partial charge in [-0.1, -0.05) is 35.0 Å². The van der Waals surface area contributed by atoms with Gasteiger partial charge in [-0.05, 0) is 25.1 Å². The molecule has 0 spiro atoms. The van der Waals surface area contributed by atoms with E-state index in [1.165, 1.54) is 6.07 Å². The van der Waals surface area contributed by atoms with E-state index < -0.39 is 4.92 Å². The molecule has 0 fully saturated rings. The van der Waals surface area contributed by atoms with Gasteiger partial charge in [0.05, 0.1) is 4.92 Å². The zero-order valence-electron chi connectivity index (χ0n) is 13.6. The van der Waals surface area contributed by atoms with Gasteiger partial charge < -0.3 is 9.84 Å². The molecule has 0 aliphatic rings. The Morgan fingerprint density at radius 1 is 1.28 bits per heavy atom. The van der Waals surface area contributed by atoms with Crippen molar-refractivity contribution >= 4 is 11.4 Å². The highest BCUT2D eigenvalue weighted by Gasteiger charge is 2.18. The second kappa shape index (κ2) is 6.96. The second-order valence-corrected chi connectivity index (χ2v) is 5.45. The highest BCUT2D eigenvalue weighted by molar-refractivity contribution is 5.70. The predicted octanol–water partition coefficient (Wildman–Crippen LogP) is 4.22. The van der Waals surface area contributed by atoms with Crippen molar-refractivity contribution in [2.24, 2.45) is 0 Å². The minimum Gasteiger partial charge on any atom is -0.376 e. The Kier molecular flexibility index (Phi) is 4.56. The van der Waals surface area contributed by atoms with Crippen LogP contribution in [0.2, 0.25) is 0 Å². The number of aromatic nitrogens is 2. The Morgan fingerprint density at radius 2 is 2.12 bits per heavy atom. The van der Waals surface area contributed by atoms with Gasteiger partial charge >= 0.3 is 0 Å². The van der Waals surface area contributed by atoms with E-state index in [2.05, 4.69) is 22.0 Å². The van der Waals surface area contributed by atoms with Crippen molar-refractivity contribution in [2.75, 3.05) is 11.9 Å². The van der Waals surface area contributed by atoms with Gasteiger partial charge in [0, 0.05) is 23.7 Å². The second-order valence-electron chi connectivity index (χ2n) is 5.45. The lowest BCUT2D eigenvalue weighted by Crippen LogP contribution is -2.02. The van der Waals surface area contributed by atoms with Crippen LogP contribution in [0.3, 0.4) is 0 Å². The van der Waals surface area contributed by atoms with Crippen molar-refractivity contribution in [3.63, 3.8) is 0 Å². The van der Waals surface area contributed by atoms with Gasteiger partial charge in [0.15, 0.2) is 0 Å². The van der Waals surface area contributed by atoms with Crippen molar-refractivity contribution in [3.8, 4) is 22.8 Å². The Morgan fingerprint density at radius 3 is 2.84 bits per heavy atom. The van der Waals surface area contributed by atoms with E-state index in [9.17, 15) is 10.1 Å². The van der Waals surface area contributed by atoms with Crippen LogP contribution in [0, 0.1) is 17.0 Å². The standard InChI is InChI=1S/C18H16N4O3/c1-3-9-19-15-8-7-14(11-16(15)22(23)24)18-20-17(21-25-18)13-6-4-5-12(2)10-13/h3-8,10-11,19H,1,9H2,2H3. The maximum absolute atomic E-state index is 11.3. The third-order valence-electron chi connectivity index (χ3n) is 3.58. The Hall–Kier alpha value is -3.48. The van der Waals surface area contributed by atoms with Crippen LogP contribution >= 0.6 is 0 Å². The van der Waals surface area contributed by atoms with E-state index in [0.29, 0.717) is 23.6 Å². The van der Waals surface area contributed by atoms with Crippen molar-refractivity contribution < 1.29 is 9.45 Å². The minimum absolute atomic E-state index is 0.0605. The molecule has 3 rings (SSSR count). The fourth-order valence-corrected chi connectivity index (χ4v) is 2.39. The van der Waals surface area contributed by atoms with Crippen molar-refractivity contribution in [1.82, 2.24) is 10.1 Å². The molecule has 0 saturated heterocycles. The van der Waals surface area contributed by atoms with Gasteiger partial charge in [-0.25, -0.2) is 0 Å². The molecule has 0 aliphatic carbocycles. The fourth-order valence-electron chi connectivity index (χ4n) is 2.39. The van der Waals surface area contributed by atoms with Crippen molar-refractivity contribution in [1.29, 1.82) is 0 Å². The van der Waals surface area contributed by atoms with Gasteiger partial charge in [0.2, 0.25) is 5.82 Å². The number of nitro benzene ring substituents is 1. The maximum atomic E-state index is 11.3. The normalized spacial score (nSPS) is 10.4. The third-order valence-corrected chi connectivity index (χ3v) is 3.58. The van der Waals surface area contributed by atoms with Crippen LogP contribution in [0.5, 0.6) is 0 Å². The average Bonchev–Trinajstić information content (AvgIpc) is 3.10. The molecule has 25 heavy (non-hydrogen) atoms. The number of nitrogens with one attached hydrogen (secondary N) is 1. The predicted molar refractivity (Wildman–Crippen MR) is 95.2 cm³/mol. The summed E-state index contributed by atoms with van der Waals surface area (Å²) in [5, 5.41) is 18.2. The molecule has 0 amide bonds. The van der Waals surface area contributed by atoms with Crippen LogP contribution in [-0.2, 0) is 0 Å². The van der Waals surface area contributed by atoms with Crippen LogP contribution in [-0.4, -0.2) is 21.6 Å². The van der Waals surface area contributed by atoms with Gasteiger partial charge in [0.25, 0.3) is 11.6 Å². The van der Waals surface area contributed by atoms with Crippen molar-refractivity contribution in [3.05, 3.63) is 70.8 Å². The number of rotatable bonds is 6. The molecule has 3 aromatic rings. The number of nitrogens with zero attached hydrogens (tertiary/aromatic N) is 3. The Bertz CT molecular complexity index is 934. The lowest BCUT2D eigenvalue weighted by Gasteiger charge is -2.05. The molecule has 0 bridgehead atoms. The maximum Gasteiger partial charge on any atom is 0.293 e. The summed E-state index contributed by atoms with van der Waals surface area (Å²) in [6, 6.07) is 12.4. The molecule has 1 N–H and O–H groups in total. The smallest absolute Gasteiger partial charge is 0.293 e. The first-order valence-electron chi connectivity index (χ1n) is 7.63. The molecule has 1 heterocycles. The topological polar surface area (TPSA) is 94.1 Å². The molecule has 0 unspecified atom stereocenters. The molecule has 0 atom stereocenters. The first-order chi connectivity index (χ1) is 12.1. The van der Waals surface area contributed by atoms with E-state index in [1.807, 2.05) is 31.2 Å². The fraction of sp³-hybridized carbons (Fsp3) is 0.111. The van der Waals surface area contributed by atoms with Crippen LogP contribution in [0.4, 0.5) is 11.4 Å². The highest BCUT2D eigenvalue weighted by atomic mass is 16.6. The Labute approximate surface area is 144 Å². The van der Waals surface area contributed by atoms with E-state index in [-0.39, 0.29) is 11.6 Å². The summed E-state index contributed by atoms with van der Waals surface area (Å²) in [5.41, 5.74) is 2.75. The van der Waals surface area contributed by atoms with Crippen LogP contribution in [0.15, 0.2) is 59.6 Å². The van der Waals surface area contributed by atoms with E-state index in [1.54, 1.807) is 18.2 Å². The van der Waals surface area contributed by atoms with Gasteiger partial charge in [-0.2, -0.15) is 4.98 Å². The van der Waals surface area contributed by atoms with E-state index in [0.717, 1.165) is 11.1 Å². The van der Waals surface area contributed by atoms with Crippen LogP contribution in [0.1, 0.15) is 5.56 Å². The number of nitro groups is 1. The van der Waals surface area contributed by atoms with Crippen LogP contribution < -0.4 is 5.32 Å². The van der Waals surface area contributed by atoms with Gasteiger partial charge in [-0.15, -0.1) is 6.58 Å². The molecule has 1 aromatic heterocycles. The zero-order chi connectivity index (χ0) is 17.8. The average molecular weight is 336 g/mol. The summed E-state index contributed by atoms with van der Waals surface area (Å²) in [7, 11) is 0. The summed E-state index contributed by atoms with van der Waals surface area (Å²) in [6.07, 6.45) is 1.63. The third kappa shape index (κ3) is 3.55.